The minimum absolute atomic E-state index is 0.0218. The van der Waals surface area contributed by atoms with Gasteiger partial charge in [0, 0.05) is 92.9 Å². The van der Waals surface area contributed by atoms with Crippen LogP contribution in [0.15, 0.2) is 132 Å². The van der Waals surface area contributed by atoms with Gasteiger partial charge in [0.1, 0.15) is 23.0 Å². The fourth-order valence-corrected chi connectivity index (χ4v) is 14.9. The van der Waals surface area contributed by atoms with Crippen LogP contribution in [0.2, 0.25) is 0 Å². The minimum Gasteiger partial charge on any atom is -0.497 e. The zero-order valence-electron chi connectivity index (χ0n) is 70.9. The number of methoxy groups -OCH3 is 2. The van der Waals surface area contributed by atoms with Gasteiger partial charge in [-0.15, -0.1) is 0 Å². The number of ether oxygens (including phenoxy) is 4. The molecular weight excluding hydrogens is 1560 g/mol. The topological polar surface area (TPSA) is 273 Å². The number of aromatic amines is 1. The Morgan fingerprint density at radius 3 is 1.67 bits per heavy atom. The van der Waals surface area contributed by atoms with Crippen LogP contribution in [-0.2, 0) is 69.4 Å². The number of unbranched alkanes of at least 4 members (excludes halogenated alkanes) is 13. The van der Waals surface area contributed by atoms with Crippen LogP contribution in [0.4, 0.5) is 0 Å². The number of nitrogens with one attached hydrogen (secondary N) is 4. The van der Waals surface area contributed by atoms with Gasteiger partial charge >= 0.3 is 5.97 Å². The number of aliphatic hydroxyl groups is 1. The summed E-state index contributed by atoms with van der Waals surface area (Å²) in [5, 5.41) is 15.9. The number of fused-ring (bicyclic) bond motifs is 3. The largest absolute Gasteiger partial charge is 0.497 e. The van der Waals surface area contributed by atoms with Crippen molar-refractivity contribution in [3.63, 3.8) is 0 Å². The summed E-state index contributed by atoms with van der Waals surface area (Å²) in [6.07, 6.45) is 27.1. The fraction of sp³-hybridized carbons (Fsp3) is 0.598. The molecule has 7 N–H and O–H groups in total. The number of likely N-dealkylation sites (N-methyl/N-ethyl adjacent to an activating group) is 1. The zero-order chi connectivity index (χ0) is 85.0. The van der Waals surface area contributed by atoms with E-state index in [1.165, 1.54) is 106 Å². The van der Waals surface area contributed by atoms with Crippen molar-refractivity contribution >= 4 is 99.3 Å². The van der Waals surface area contributed by atoms with Crippen molar-refractivity contribution in [3.05, 3.63) is 150 Å². The predicted molar refractivity (Wildman–Crippen MR) is 486 cm³/mol. The van der Waals surface area contributed by atoms with Gasteiger partial charge in [-0.3, -0.25) is 23.5 Å². The van der Waals surface area contributed by atoms with E-state index in [4.69, 9.17) is 28.9 Å². The van der Waals surface area contributed by atoms with E-state index in [0.29, 0.717) is 31.6 Å². The number of benzene rings is 5. The number of hydrogen-bond acceptors (Lipinski definition) is 21. The first-order chi connectivity index (χ1) is 54.7. The smallest absolute Gasteiger partial charge is 0.313 e. The lowest BCUT2D eigenvalue weighted by Crippen LogP contribution is -2.53. The lowest BCUT2D eigenvalue weighted by Gasteiger charge is -2.40. The van der Waals surface area contributed by atoms with Gasteiger partial charge in [0.25, 0.3) is 10.1 Å². The van der Waals surface area contributed by atoms with Crippen LogP contribution >= 0.6 is 50.5 Å². The molecule has 27 heteroatoms. The normalized spacial score (nSPS) is 15.0. The second-order valence-corrected chi connectivity index (χ2v) is 34.0. The Labute approximate surface area is 709 Å². The average molecular weight is 1700 g/mol. The van der Waals surface area contributed by atoms with Crippen LogP contribution in [0.25, 0.3) is 10.9 Å². The van der Waals surface area contributed by atoms with Crippen LogP contribution in [0.1, 0.15) is 191 Å². The molecule has 5 aromatic carbocycles. The minimum atomic E-state index is -3.90. The molecule has 1 aromatic heterocycles. The highest BCUT2D eigenvalue weighted by atomic mass is 32.2. The number of rotatable bonds is 42. The molecule has 21 nitrogen and oxygen atoms in total. The van der Waals surface area contributed by atoms with E-state index in [1.807, 2.05) is 88.7 Å². The quantitative estimate of drug-likeness (QED) is 0.00738. The van der Waals surface area contributed by atoms with Gasteiger partial charge in [-0.2, -0.15) is 58.9 Å². The third-order valence-corrected chi connectivity index (χ3v) is 22.7. The number of nitrogens with zero attached hydrogens (tertiary/aromatic N) is 3. The van der Waals surface area contributed by atoms with E-state index in [1.54, 1.807) is 60.4 Å². The van der Waals surface area contributed by atoms with E-state index < -0.39 is 32.2 Å². The number of piperidine rings is 1. The van der Waals surface area contributed by atoms with Gasteiger partial charge in [-0.1, -0.05) is 144 Å². The highest BCUT2D eigenvalue weighted by Gasteiger charge is 2.51. The molecule has 2 aliphatic rings. The number of para-hydroxylation sites is 3. The number of aliphatic hydroxyl groups excluding tert-OH is 1. The molecule has 114 heavy (non-hydrogen) atoms. The number of nitrogens with two attached hydrogens (primary N) is 1. The Kier molecular flexibility index (Phi) is 61.1. The fourth-order valence-electron chi connectivity index (χ4n) is 12.3. The van der Waals surface area contributed by atoms with Crippen molar-refractivity contribution in [2.24, 2.45) is 11.7 Å². The predicted octanol–water partition coefficient (Wildman–Crippen LogP) is 16.2. The maximum Gasteiger partial charge on any atom is 0.313 e. The number of thiol groups is 4. The Bertz CT molecular complexity index is 3660. The standard InChI is InChI=1S/C17H23NO5S.C16H19NO2.C12H16N2.C11H17NO2.2C9H19NOS.C7H17NO2S2.C6H14S/c1-3-22-17(19)16-14-10-9-12(18(14)2)11-15(16)23-24(20,21)13-7-5-4-6-8-13;1-17(2)11-13-7-3-5-9-15(13)19-16-10-6-4-8-14(16)12-18;1-14(2)8-7-10-9-13-12-6-4-3-5-11(10)12;1-8(12)6-9-7-10(13-2)4-5-11(9)14-3;2*1-10-9(11)7-5-3-2-4-6-8-12;1-2-12(9,10)8-6-4-3-5-7-11;1-2-3-4-5-6-7/h4-8,12,14-16H,3,9-11H2,1-2H3;3-10,18H,11-12H2,1-2H3;3-6,9,13H,7-8H2,1-2H3;4-5,7-8H,6,12H2,1-3H3;2*12H,2-8H2,1H3,(H,10,11);8,11H,2-7H2,1H3;7H,2-6H2,1H3. The maximum atomic E-state index is 12.6. The molecule has 3 heterocycles. The van der Waals surface area contributed by atoms with E-state index in [2.05, 4.69) is 143 Å². The van der Waals surface area contributed by atoms with Gasteiger partial charge in [-0.25, -0.2) is 13.1 Å². The van der Waals surface area contributed by atoms with E-state index >= 15 is 0 Å². The van der Waals surface area contributed by atoms with Crippen molar-refractivity contribution in [1.82, 2.24) is 35.0 Å². The zero-order valence-corrected chi connectivity index (χ0v) is 76.1. The first kappa shape index (κ1) is 106. The second-order valence-electron chi connectivity index (χ2n) is 28.6. The molecule has 0 saturated carbocycles. The van der Waals surface area contributed by atoms with Gasteiger partial charge in [0.2, 0.25) is 21.8 Å². The van der Waals surface area contributed by atoms with Crippen LogP contribution in [-0.4, -0.2) is 196 Å². The summed E-state index contributed by atoms with van der Waals surface area (Å²) in [6, 6.07) is 38.1. The third-order valence-electron chi connectivity index (χ3n) is 18.6. The summed E-state index contributed by atoms with van der Waals surface area (Å²) in [5.41, 5.74) is 11.4. The summed E-state index contributed by atoms with van der Waals surface area (Å²) in [6.45, 7) is 10.3. The Hall–Kier alpha value is -5.53. The number of H-pyrrole nitrogens is 1. The summed E-state index contributed by atoms with van der Waals surface area (Å²) in [4.78, 5) is 43.9. The molecule has 2 fully saturated rings. The summed E-state index contributed by atoms with van der Waals surface area (Å²) in [5.74, 6) is 6.66. The molecule has 0 aliphatic carbocycles. The number of carbonyl (C=O) groups is 3. The molecule has 2 bridgehead atoms. The van der Waals surface area contributed by atoms with E-state index in [0.717, 1.165) is 128 Å². The Morgan fingerprint density at radius 2 is 1.15 bits per heavy atom. The molecule has 8 rings (SSSR count). The number of amides is 2. The van der Waals surface area contributed by atoms with Crippen LogP contribution < -0.4 is 35.3 Å². The lowest BCUT2D eigenvalue weighted by molar-refractivity contribution is -0.157. The first-order valence-electron chi connectivity index (χ1n) is 40.7. The Morgan fingerprint density at radius 1 is 0.623 bits per heavy atom. The van der Waals surface area contributed by atoms with Crippen LogP contribution in [0, 0.1) is 5.92 Å². The van der Waals surface area contributed by atoms with Crippen molar-refractivity contribution in [2.45, 2.75) is 224 Å². The van der Waals surface area contributed by atoms with Gasteiger partial charge in [0.05, 0.1) is 50.1 Å². The SMILES string of the molecule is CCCCCCS.CCOC(=O)C1C(OS(=O)(=O)c2ccccc2)CC2CCC1N2C.CCS(=O)(=O)NCCCCCS.CN(C)CCc1c[nH]c2ccccc12.CN(C)Cc1ccccc1Oc1ccccc1CO.CNC(=O)CCCCCCCS.CNC(=O)CCCCCCCS.COc1ccc(OC)c(CC(C)N)c1. The lowest BCUT2D eigenvalue weighted by atomic mass is 9.88. The molecular formula is C87H144N8O13S6. The first-order valence-corrected chi connectivity index (χ1v) is 46.3. The van der Waals surface area contributed by atoms with Crippen LogP contribution in [0.5, 0.6) is 23.0 Å². The monoisotopic (exact) mass is 1700 g/mol. The molecule has 0 radical (unpaired) electrons. The molecule has 0 spiro atoms. The maximum absolute atomic E-state index is 12.6. The summed E-state index contributed by atoms with van der Waals surface area (Å²) >= 11 is 16.4. The van der Waals surface area contributed by atoms with Gasteiger partial charge < -0.3 is 55.2 Å². The van der Waals surface area contributed by atoms with Gasteiger partial charge in [0.15, 0.2) is 0 Å². The number of sulfonamides is 1. The third kappa shape index (κ3) is 47.2. The summed E-state index contributed by atoms with van der Waals surface area (Å²) in [7, 11) is 10.0. The average Bonchev–Trinajstić information content (AvgIpc) is 1.59. The van der Waals surface area contributed by atoms with Crippen molar-refractivity contribution in [2.75, 3.05) is 112 Å². The highest BCUT2D eigenvalue weighted by Crippen LogP contribution is 2.41. The van der Waals surface area contributed by atoms with E-state index in [-0.39, 0.29) is 59.8 Å². The number of carbonyl (C=O) groups excluding carboxylic acids is 3. The molecule has 646 valence electrons. The number of esters is 1. The summed E-state index contributed by atoms with van der Waals surface area (Å²) < 4.78 is 76.5. The molecule has 6 aromatic rings. The highest BCUT2D eigenvalue weighted by molar-refractivity contribution is 7.89. The Balaban J connectivity index is 0.000000666. The van der Waals surface area contributed by atoms with Crippen molar-refractivity contribution in [3.8, 4) is 23.0 Å². The molecule has 5 unspecified atom stereocenters. The second kappa shape index (κ2) is 65.4. The van der Waals surface area contributed by atoms with Crippen molar-refractivity contribution < 1.29 is 59.5 Å². The van der Waals surface area contributed by atoms with Gasteiger partial charge in [-0.05, 0) is 216 Å². The van der Waals surface area contributed by atoms with Crippen molar-refractivity contribution in [1.29, 1.82) is 0 Å². The van der Waals surface area contributed by atoms with E-state index in [9.17, 15) is 36.3 Å². The molecule has 2 aliphatic heterocycles. The number of aromatic nitrogens is 1. The molecule has 2 saturated heterocycles. The molecule has 2 amide bonds. The molecule has 5 atom stereocenters. The van der Waals surface area contributed by atoms with Crippen LogP contribution in [0.3, 0.4) is 0 Å². The number of hydrogen-bond donors (Lipinski definition) is 10.